The fraction of sp³-hybridized carbons (Fsp3) is 0.724. The van der Waals surface area contributed by atoms with E-state index in [1.165, 1.54) is 24.0 Å². The first kappa shape index (κ1) is 25.8. The summed E-state index contributed by atoms with van der Waals surface area (Å²) in [6, 6.07) is 4.58. The lowest BCUT2D eigenvalue weighted by Crippen LogP contribution is -2.21. The molecule has 0 aromatic carbocycles. The van der Waals surface area contributed by atoms with Crippen LogP contribution in [0.15, 0.2) is 33.5 Å². The summed E-state index contributed by atoms with van der Waals surface area (Å²) < 4.78 is 11.8. The summed E-state index contributed by atoms with van der Waals surface area (Å²) in [4.78, 5) is 0. The zero-order chi connectivity index (χ0) is 23.4. The minimum atomic E-state index is 0.256. The van der Waals surface area contributed by atoms with E-state index in [0.29, 0.717) is 11.8 Å². The third kappa shape index (κ3) is 8.54. The zero-order valence-electron chi connectivity index (χ0n) is 22.0. The summed E-state index contributed by atoms with van der Waals surface area (Å²) in [7, 11) is 0. The SMILES string of the molecule is CCC(c1cc(CC(C)(C)CCC(C)(C)Cc2coc(CC(C)(C)C)c2)co1)C(C)C. The molecule has 0 amide bonds. The van der Waals surface area contributed by atoms with E-state index in [2.05, 4.69) is 81.4 Å². The topological polar surface area (TPSA) is 26.3 Å². The highest BCUT2D eigenvalue weighted by Gasteiger charge is 2.27. The van der Waals surface area contributed by atoms with Crippen molar-refractivity contribution in [3.05, 3.63) is 47.3 Å². The molecular weight excluding hydrogens is 380 g/mol. The highest BCUT2D eigenvalue weighted by Crippen LogP contribution is 2.37. The first-order chi connectivity index (χ1) is 14.2. The van der Waals surface area contributed by atoms with Gasteiger partial charge in [0.2, 0.25) is 0 Å². The Hall–Kier alpha value is -1.44. The van der Waals surface area contributed by atoms with Gasteiger partial charge in [-0.05, 0) is 77.5 Å². The Kier molecular flexibility index (Phi) is 8.33. The van der Waals surface area contributed by atoms with Crippen LogP contribution in [0.3, 0.4) is 0 Å². The van der Waals surface area contributed by atoms with Gasteiger partial charge in [-0.25, -0.2) is 0 Å². The molecule has 1 atom stereocenters. The van der Waals surface area contributed by atoms with Crippen LogP contribution in [0.2, 0.25) is 0 Å². The zero-order valence-corrected chi connectivity index (χ0v) is 22.0. The van der Waals surface area contributed by atoms with E-state index in [-0.39, 0.29) is 16.2 Å². The molecule has 2 aromatic rings. The molecule has 2 heterocycles. The first-order valence-electron chi connectivity index (χ1n) is 12.3. The van der Waals surface area contributed by atoms with Crippen molar-refractivity contribution in [2.24, 2.45) is 22.2 Å². The average Bonchev–Trinajstić information content (AvgIpc) is 3.21. The van der Waals surface area contributed by atoms with Gasteiger partial charge >= 0.3 is 0 Å². The van der Waals surface area contributed by atoms with Crippen molar-refractivity contribution in [3.8, 4) is 0 Å². The van der Waals surface area contributed by atoms with Crippen LogP contribution in [0.5, 0.6) is 0 Å². The quantitative estimate of drug-likeness (QED) is 0.356. The normalized spacial score (nSPS) is 14.4. The Bertz CT molecular complexity index is 795. The molecule has 0 aliphatic carbocycles. The van der Waals surface area contributed by atoms with E-state index >= 15 is 0 Å². The first-order valence-corrected chi connectivity index (χ1v) is 12.3. The standard InChI is InChI=1S/C29H48O2/c1-11-25(21(2)3)26-15-23(20-31-26)17-29(9,10)13-12-28(7,8)16-22-14-24(30-19-22)18-27(4,5)6/h14-15,19-21,25H,11-13,16-18H2,1-10H3. The summed E-state index contributed by atoms with van der Waals surface area (Å²) >= 11 is 0. The maximum atomic E-state index is 5.98. The van der Waals surface area contributed by atoms with E-state index in [4.69, 9.17) is 8.83 Å². The van der Waals surface area contributed by atoms with Crippen LogP contribution in [0, 0.1) is 22.2 Å². The van der Waals surface area contributed by atoms with Crippen molar-refractivity contribution in [1.82, 2.24) is 0 Å². The predicted molar refractivity (Wildman–Crippen MR) is 133 cm³/mol. The van der Waals surface area contributed by atoms with Crippen LogP contribution in [-0.4, -0.2) is 0 Å². The van der Waals surface area contributed by atoms with Crippen LogP contribution in [0.4, 0.5) is 0 Å². The molecule has 0 spiro atoms. The molecule has 0 bridgehead atoms. The van der Waals surface area contributed by atoms with Crippen molar-refractivity contribution in [2.75, 3.05) is 0 Å². The van der Waals surface area contributed by atoms with Gasteiger partial charge in [0.25, 0.3) is 0 Å². The Balaban J connectivity index is 1.92. The smallest absolute Gasteiger partial charge is 0.107 e. The van der Waals surface area contributed by atoms with Crippen LogP contribution in [0.1, 0.15) is 117 Å². The largest absolute Gasteiger partial charge is 0.469 e. The molecule has 2 rings (SSSR count). The lowest BCUT2D eigenvalue weighted by atomic mass is 9.74. The van der Waals surface area contributed by atoms with Crippen molar-refractivity contribution < 1.29 is 8.83 Å². The maximum absolute atomic E-state index is 5.98. The third-order valence-electron chi connectivity index (χ3n) is 6.54. The Morgan fingerprint density at radius 3 is 1.74 bits per heavy atom. The second-order valence-corrected chi connectivity index (χ2v) is 13.0. The molecule has 0 aliphatic heterocycles. The van der Waals surface area contributed by atoms with Crippen molar-refractivity contribution in [3.63, 3.8) is 0 Å². The fourth-order valence-corrected chi connectivity index (χ4v) is 4.78. The van der Waals surface area contributed by atoms with E-state index in [1.54, 1.807) is 0 Å². The van der Waals surface area contributed by atoms with Gasteiger partial charge < -0.3 is 8.83 Å². The van der Waals surface area contributed by atoms with E-state index < -0.39 is 0 Å². The summed E-state index contributed by atoms with van der Waals surface area (Å²) in [5.41, 5.74) is 3.45. The lowest BCUT2D eigenvalue weighted by Gasteiger charge is -2.31. The molecule has 0 N–H and O–H groups in total. The number of rotatable bonds is 11. The molecular formula is C29H48O2. The van der Waals surface area contributed by atoms with Crippen molar-refractivity contribution in [1.29, 1.82) is 0 Å². The Morgan fingerprint density at radius 1 is 0.742 bits per heavy atom. The van der Waals surface area contributed by atoms with Crippen LogP contribution < -0.4 is 0 Å². The highest BCUT2D eigenvalue weighted by atomic mass is 16.3. The van der Waals surface area contributed by atoms with Gasteiger partial charge in [0, 0.05) is 12.3 Å². The highest BCUT2D eigenvalue weighted by molar-refractivity contribution is 5.18. The van der Waals surface area contributed by atoms with Crippen LogP contribution in [0.25, 0.3) is 0 Å². The number of furan rings is 2. The second-order valence-electron chi connectivity index (χ2n) is 13.0. The molecule has 0 aliphatic rings. The predicted octanol–water partition coefficient (Wildman–Crippen LogP) is 9.23. The lowest BCUT2D eigenvalue weighted by molar-refractivity contribution is 0.236. The number of hydrogen-bond donors (Lipinski definition) is 0. The van der Waals surface area contributed by atoms with Gasteiger partial charge in [0.05, 0.1) is 12.5 Å². The van der Waals surface area contributed by atoms with Crippen molar-refractivity contribution in [2.45, 2.75) is 114 Å². The van der Waals surface area contributed by atoms with Gasteiger partial charge in [-0.2, -0.15) is 0 Å². The number of hydrogen-bond acceptors (Lipinski definition) is 2. The molecule has 2 heteroatoms. The molecule has 0 radical (unpaired) electrons. The minimum absolute atomic E-state index is 0.256. The second kappa shape index (κ2) is 10.0. The van der Waals surface area contributed by atoms with Gasteiger partial charge in [-0.15, -0.1) is 0 Å². The molecule has 176 valence electrons. The molecule has 0 saturated heterocycles. The van der Waals surface area contributed by atoms with Gasteiger partial charge in [-0.3, -0.25) is 0 Å². The minimum Gasteiger partial charge on any atom is -0.469 e. The summed E-state index contributed by atoms with van der Waals surface area (Å²) in [6.07, 6.45) is 10.6. The van der Waals surface area contributed by atoms with Crippen LogP contribution in [-0.2, 0) is 19.3 Å². The average molecular weight is 429 g/mol. The Morgan fingerprint density at radius 2 is 1.26 bits per heavy atom. The summed E-state index contributed by atoms with van der Waals surface area (Å²) in [5, 5.41) is 0. The molecule has 2 aromatic heterocycles. The van der Waals surface area contributed by atoms with E-state index in [1.807, 2.05) is 12.5 Å². The Labute approximate surface area is 192 Å². The van der Waals surface area contributed by atoms with Gasteiger partial charge in [-0.1, -0.05) is 69.2 Å². The van der Waals surface area contributed by atoms with E-state index in [0.717, 1.165) is 37.2 Å². The third-order valence-corrected chi connectivity index (χ3v) is 6.54. The van der Waals surface area contributed by atoms with Gasteiger partial charge in [0.15, 0.2) is 0 Å². The maximum Gasteiger partial charge on any atom is 0.107 e. The monoisotopic (exact) mass is 428 g/mol. The molecule has 1 unspecified atom stereocenters. The summed E-state index contributed by atoms with van der Waals surface area (Å²) in [6.45, 7) is 23.2. The molecule has 31 heavy (non-hydrogen) atoms. The summed E-state index contributed by atoms with van der Waals surface area (Å²) in [5.74, 6) is 3.41. The molecule has 2 nitrogen and oxygen atoms in total. The molecule has 0 fully saturated rings. The van der Waals surface area contributed by atoms with E-state index in [9.17, 15) is 0 Å². The van der Waals surface area contributed by atoms with Crippen molar-refractivity contribution >= 4 is 0 Å². The van der Waals surface area contributed by atoms with Gasteiger partial charge in [0.1, 0.15) is 11.5 Å². The molecule has 0 saturated carbocycles. The fourth-order valence-electron chi connectivity index (χ4n) is 4.78. The van der Waals surface area contributed by atoms with Crippen LogP contribution >= 0.6 is 0 Å².